The number of sulfonamides is 1. The van der Waals surface area contributed by atoms with Gasteiger partial charge in [-0.2, -0.15) is 4.31 Å². The first-order valence-corrected chi connectivity index (χ1v) is 11.4. The van der Waals surface area contributed by atoms with Gasteiger partial charge in [-0.1, -0.05) is 17.7 Å². The monoisotopic (exact) mass is 427 g/mol. The number of benzene rings is 2. The first kappa shape index (κ1) is 20.6. The summed E-state index contributed by atoms with van der Waals surface area (Å²) in [6.07, 6.45) is 1.55. The summed E-state index contributed by atoms with van der Waals surface area (Å²) in [5.74, 6) is 1.48. The first-order chi connectivity index (χ1) is 14.4. The van der Waals surface area contributed by atoms with Crippen LogP contribution in [0.5, 0.6) is 5.75 Å². The second kappa shape index (κ2) is 8.20. The predicted molar refractivity (Wildman–Crippen MR) is 113 cm³/mol. The molecule has 4 rings (SSSR count). The lowest BCUT2D eigenvalue weighted by Crippen LogP contribution is -2.39. The van der Waals surface area contributed by atoms with Crippen molar-refractivity contribution in [3.63, 3.8) is 0 Å². The maximum Gasteiger partial charge on any atom is 0.247 e. The van der Waals surface area contributed by atoms with Crippen molar-refractivity contribution in [3.8, 4) is 17.2 Å². The zero-order valence-corrected chi connectivity index (χ0v) is 18.1. The molecule has 0 aliphatic carbocycles. The average molecular weight is 428 g/mol. The van der Waals surface area contributed by atoms with Crippen LogP contribution in [-0.2, 0) is 10.0 Å². The Labute approximate surface area is 176 Å². The Bertz CT molecular complexity index is 1140. The van der Waals surface area contributed by atoms with Crippen molar-refractivity contribution in [1.82, 2.24) is 14.5 Å². The predicted octanol–water partition coefficient (Wildman–Crippen LogP) is 3.93. The number of ether oxygens (including phenoxy) is 1. The molecule has 1 fully saturated rings. The second-order valence-electron chi connectivity index (χ2n) is 7.65. The summed E-state index contributed by atoms with van der Waals surface area (Å²) in [6, 6.07) is 12.8. The van der Waals surface area contributed by atoms with Crippen molar-refractivity contribution >= 4 is 10.0 Å². The molecule has 0 spiro atoms. The summed E-state index contributed by atoms with van der Waals surface area (Å²) in [5, 5.41) is 8.38. The van der Waals surface area contributed by atoms with Gasteiger partial charge in [-0.25, -0.2) is 8.42 Å². The van der Waals surface area contributed by atoms with Crippen molar-refractivity contribution in [2.75, 3.05) is 20.2 Å². The topological polar surface area (TPSA) is 85.5 Å². The van der Waals surface area contributed by atoms with Crippen molar-refractivity contribution in [2.24, 2.45) is 0 Å². The molecule has 1 aromatic heterocycles. The Hall–Kier alpha value is -2.71. The number of aryl methyl sites for hydroxylation is 2. The molecule has 2 heterocycles. The lowest BCUT2D eigenvalue weighted by atomic mass is 10.00. The molecular formula is C22H25N3O4S. The van der Waals surface area contributed by atoms with E-state index in [4.69, 9.17) is 9.15 Å². The molecule has 30 heavy (non-hydrogen) atoms. The van der Waals surface area contributed by atoms with Crippen molar-refractivity contribution in [2.45, 2.75) is 37.5 Å². The van der Waals surface area contributed by atoms with E-state index in [0.717, 1.165) is 29.5 Å². The number of rotatable bonds is 5. The van der Waals surface area contributed by atoms with Crippen LogP contribution in [0.3, 0.4) is 0 Å². The summed E-state index contributed by atoms with van der Waals surface area (Å²) >= 11 is 0. The molecule has 3 aromatic rings. The molecule has 1 saturated heterocycles. The SMILES string of the molecule is COc1ccc(S(=O)(=O)N2CCC[C@@H](c3nnc(-c4ccc(C)cc4)o3)C2)cc1C. The number of hydrogen-bond donors (Lipinski definition) is 0. The number of aromatic nitrogens is 2. The summed E-state index contributed by atoms with van der Waals surface area (Å²) in [7, 11) is -2.04. The molecule has 1 aliphatic heterocycles. The van der Waals surface area contributed by atoms with Gasteiger partial charge >= 0.3 is 0 Å². The number of methoxy groups -OCH3 is 1. The normalized spacial score (nSPS) is 17.8. The lowest BCUT2D eigenvalue weighted by Gasteiger charge is -2.30. The van der Waals surface area contributed by atoms with Gasteiger partial charge in [0.25, 0.3) is 0 Å². The molecule has 0 bridgehead atoms. The fourth-order valence-electron chi connectivity index (χ4n) is 3.74. The van der Waals surface area contributed by atoms with Crippen LogP contribution in [0.25, 0.3) is 11.5 Å². The quantitative estimate of drug-likeness (QED) is 0.613. The van der Waals surface area contributed by atoms with E-state index in [0.29, 0.717) is 30.6 Å². The highest BCUT2D eigenvalue weighted by Crippen LogP contribution is 2.32. The molecule has 7 nitrogen and oxygen atoms in total. The zero-order valence-electron chi connectivity index (χ0n) is 17.3. The first-order valence-electron chi connectivity index (χ1n) is 9.93. The number of hydrogen-bond acceptors (Lipinski definition) is 6. The molecule has 0 amide bonds. The Balaban J connectivity index is 1.54. The van der Waals surface area contributed by atoms with Crippen LogP contribution in [0, 0.1) is 13.8 Å². The Kier molecular flexibility index (Phi) is 5.62. The minimum atomic E-state index is -3.61. The van der Waals surface area contributed by atoms with Crippen LogP contribution in [0.4, 0.5) is 0 Å². The largest absolute Gasteiger partial charge is 0.496 e. The van der Waals surface area contributed by atoms with E-state index in [1.165, 1.54) is 4.31 Å². The van der Waals surface area contributed by atoms with E-state index >= 15 is 0 Å². The summed E-state index contributed by atoms with van der Waals surface area (Å²) in [5.41, 5.74) is 2.79. The van der Waals surface area contributed by atoms with Gasteiger partial charge in [0, 0.05) is 18.7 Å². The molecular weight excluding hydrogens is 402 g/mol. The lowest BCUT2D eigenvalue weighted by molar-refractivity contribution is 0.286. The molecule has 2 aromatic carbocycles. The second-order valence-corrected chi connectivity index (χ2v) is 9.58. The number of piperidine rings is 1. The minimum absolute atomic E-state index is 0.125. The average Bonchev–Trinajstić information content (AvgIpc) is 3.24. The van der Waals surface area contributed by atoms with Crippen LogP contribution in [-0.4, -0.2) is 43.1 Å². The van der Waals surface area contributed by atoms with Gasteiger partial charge in [-0.3, -0.25) is 0 Å². The van der Waals surface area contributed by atoms with Crippen molar-refractivity contribution < 1.29 is 17.6 Å². The third kappa shape index (κ3) is 3.97. The number of nitrogens with zero attached hydrogens (tertiary/aromatic N) is 3. The highest BCUT2D eigenvalue weighted by Gasteiger charge is 2.33. The summed E-state index contributed by atoms with van der Waals surface area (Å²) in [4.78, 5) is 0.271. The van der Waals surface area contributed by atoms with Gasteiger partial charge in [-0.05, 0) is 62.6 Å². The van der Waals surface area contributed by atoms with Crippen LogP contribution < -0.4 is 4.74 Å². The third-order valence-corrected chi connectivity index (χ3v) is 7.34. The van der Waals surface area contributed by atoms with Gasteiger partial charge < -0.3 is 9.15 Å². The Morgan fingerprint density at radius 3 is 2.57 bits per heavy atom. The van der Waals surface area contributed by atoms with Crippen LogP contribution >= 0.6 is 0 Å². The molecule has 158 valence electrons. The fourth-order valence-corrected chi connectivity index (χ4v) is 5.34. The molecule has 1 aliphatic rings. The third-order valence-electron chi connectivity index (χ3n) is 5.48. The zero-order chi connectivity index (χ0) is 21.3. The highest BCUT2D eigenvalue weighted by molar-refractivity contribution is 7.89. The summed E-state index contributed by atoms with van der Waals surface area (Å²) < 4.78 is 39.0. The molecule has 8 heteroatoms. The van der Waals surface area contributed by atoms with E-state index in [9.17, 15) is 8.42 Å². The maximum atomic E-state index is 13.2. The van der Waals surface area contributed by atoms with Crippen LogP contribution in [0.1, 0.15) is 35.8 Å². The Morgan fingerprint density at radius 1 is 1.10 bits per heavy atom. The Morgan fingerprint density at radius 2 is 1.87 bits per heavy atom. The molecule has 0 N–H and O–H groups in total. The van der Waals surface area contributed by atoms with Gasteiger partial charge in [0.05, 0.1) is 17.9 Å². The standard InChI is InChI=1S/C22H25N3O4S/c1-15-6-8-17(9-7-15)21-23-24-22(29-21)18-5-4-12-25(14-18)30(26,27)19-10-11-20(28-3)16(2)13-19/h6-11,13,18H,4-5,12,14H2,1-3H3/t18-/m1/s1. The van der Waals surface area contributed by atoms with Gasteiger partial charge in [0.1, 0.15) is 5.75 Å². The van der Waals surface area contributed by atoms with Crippen molar-refractivity contribution in [1.29, 1.82) is 0 Å². The van der Waals surface area contributed by atoms with Gasteiger partial charge in [0.15, 0.2) is 0 Å². The van der Waals surface area contributed by atoms with E-state index in [2.05, 4.69) is 10.2 Å². The van der Waals surface area contributed by atoms with E-state index in [-0.39, 0.29) is 10.8 Å². The van der Waals surface area contributed by atoms with Gasteiger partial charge in [0.2, 0.25) is 21.8 Å². The van der Waals surface area contributed by atoms with Crippen molar-refractivity contribution in [3.05, 3.63) is 59.5 Å². The van der Waals surface area contributed by atoms with E-state index < -0.39 is 10.0 Å². The molecule has 0 radical (unpaired) electrons. The maximum absolute atomic E-state index is 13.2. The van der Waals surface area contributed by atoms with Crippen LogP contribution in [0.15, 0.2) is 51.8 Å². The van der Waals surface area contributed by atoms with E-state index in [1.54, 1.807) is 25.3 Å². The fraction of sp³-hybridized carbons (Fsp3) is 0.364. The minimum Gasteiger partial charge on any atom is -0.496 e. The highest BCUT2D eigenvalue weighted by atomic mass is 32.2. The molecule has 0 saturated carbocycles. The molecule has 1 atom stereocenters. The molecule has 0 unspecified atom stereocenters. The summed E-state index contributed by atoms with van der Waals surface area (Å²) in [6.45, 7) is 4.65. The van der Waals surface area contributed by atoms with E-state index in [1.807, 2.05) is 38.1 Å². The smallest absolute Gasteiger partial charge is 0.247 e. The van der Waals surface area contributed by atoms with Crippen LogP contribution in [0.2, 0.25) is 0 Å². The van der Waals surface area contributed by atoms with Gasteiger partial charge in [-0.15, -0.1) is 10.2 Å².